The summed E-state index contributed by atoms with van der Waals surface area (Å²) in [4.78, 5) is 24.3. The van der Waals surface area contributed by atoms with E-state index in [0.717, 1.165) is 19.3 Å². The van der Waals surface area contributed by atoms with Crippen LogP contribution in [0.5, 0.6) is 0 Å². The second-order valence-electron chi connectivity index (χ2n) is 8.91. The molecule has 2 N–H and O–H groups in total. The van der Waals surface area contributed by atoms with Crippen LogP contribution >= 0.6 is 0 Å². The average Bonchev–Trinajstić information content (AvgIpc) is 2.67. The molecule has 2 rings (SSSR count). The minimum Gasteiger partial charge on any atom is -0.480 e. The van der Waals surface area contributed by atoms with Crippen molar-refractivity contribution in [2.24, 2.45) is 5.41 Å². The van der Waals surface area contributed by atoms with Gasteiger partial charge in [0.1, 0.15) is 0 Å². The predicted molar refractivity (Wildman–Crippen MR) is 115 cm³/mol. The van der Waals surface area contributed by atoms with Gasteiger partial charge in [-0.15, -0.1) is 0 Å². The fourth-order valence-corrected chi connectivity index (χ4v) is 4.29. The van der Waals surface area contributed by atoms with Gasteiger partial charge < -0.3 is 10.2 Å². The topological polar surface area (TPSA) is 77.8 Å². The second kappa shape index (κ2) is 11.6. The third kappa shape index (κ3) is 6.25. The van der Waals surface area contributed by atoms with Crippen molar-refractivity contribution in [2.45, 2.75) is 90.1 Å². The van der Waals surface area contributed by atoms with E-state index in [0.29, 0.717) is 12.0 Å². The molecule has 0 aliphatic heterocycles. The summed E-state index contributed by atoms with van der Waals surface area (Å²) in [7, 11) is 1.67. The molecule has 5 nitrogen and oxygen atoms in total. The normalized spacial score (nSPS) is 15.8. The standard InChI is InChI=1S/C24H35F2NO4/c1-3-4-5-6-7-8-9-10-11-17-12-13-18(21(26)20(17)25)16-27(2)19-14-24(15-19,22(28)29)23(30)31/h12-13,19H,3-11,14-16H2,1-2H3,(H,28,29)(H,30,31). The van der Waals surface area contributed by atoms with E-state index in [1.807, 2.05) is 0 Å². The monoisotopic (exact) mass is 439 g/mol. The first-order valence-electron chi connectivity index (χ1n) is 11.4. The van der Waals surface area contributed by atoms with E-state index >= 15 is 0 Å². The van der Waals surface area contributed by atoms with Crippen LogP contribution in [0.4, 0.5) is 8.78 Å². The molecule has 0 bridgehead atoms. The number of nitrogens with zero attached hydrogens (tertiary/aromatic N) is 1. The molecular formula is C24H35F2NO4. The summed E-state index contributed by atoms with van der Waals surface area (Å²) in [5.74, 6) is -4.39. The van der Waals surface area contributed by atoms with E-state index < -0.39 is 29.0 Å². The maximum Gasteiger partial charge on any atom is 0.321 e. The first-order valence-corrected chi connectivity index (χ1v) is 11.4. The summed E-state index contributed by atoms with van der Waals surface area (Å²) in [6.45, 7) is 2.29. The molecule has 0 aromatic heterocycles. The molecule has 1 saturated carbocycles. The summed E-state index contributed by atoms with van der Waals surface area (Å²) in [6, 6.07) is 2.91. The van der Waals surface area contributed by atoms with Gasteiger partial charge in [0.2, 0.25) is 0 Å². The van der Waals surface area contributed by atoms with Crippen LogP contribution in [-0.2, 0) is 22.6 Å². The molecule has 0 amide bonds. The van der Waals surface area contributed by atoms with Crippen molar-refractivity contribution < 1.29 is 28.6 Å². The Morgan fingerprint density at radius 1 is 0.935 bits per heavy atom. The smallest absolute Gasteiger partial charge is 0.321 e. The molecule has 1 aromatic rings. The molecule has 1 fully saturated rings. The van der Waals surface area contributed by atoms with Crippen molar-refractivity contribution in [2.75, 3.05) is 7.05 Å². The van der Waals surface area contributed by atoms with Crippen molar-refractivity contribution in [3.05, 3.63) is 34.9 Å². The van der Waals surface area contributed by atoms with Gasteiger partial charge in [0, 0.05) is 18.2 Å². The highest BCUT2D eigenvalue weighted by Gasteiger charge is 2.57. The van der Waals surface area contributed by atoms with Crippen LogP contribution < -0.4 is 0 Å². The highest BCUT2D eigenvalue weighted by atomic mass is 19.2. The summed E-state index contributed by atoms with van der Waals surface area (Å²) in [5.41, 5.74) is -1.19. The molecule has 1 aromatic carbocycles. The van der Waals surface area contributed by atoms with Gasteiger partial charge in [0.25, 0.3) is 0 Å². The zero-order chi connectivity index (χ0) is 23.0. The van der Waals surface area contributed by atoms with E-state index in [1.165, 1.54) is 32.1 Å². The number of unbranched alkanes of at least 4 members (excludes halogenated alkanes) is 7. The Bertz CT molecular complexity index is 746. The molecule has 1 aliphatic carbocycles. The van der Waals surface area contributed by atoms with Gasteiger partial charge in [-0.3, -0.25) is 14.5 Å². The number of carboxylic acid groups (broad SMARTS) is 2. The van der Waals surface area contributed by atoms with Crippen molar-refractivity contribution in [1.29, 1.82) is 0 Å². The van der Waals surface area contributed by atoms with Gasteiger partial charge in [-0.1, -0.05) is 64.0 Å². The van der Waals surface area contributed by atoms with Gasteiger partial charge in [-0.05, 0) is 38.3 Å². The third-order valence-corrected chi connectivity index (χ3v) is 6.57. The SMILES string of the molecule is CCCCCCCCCCc1ccc(CN(C)C2CC(C(=O)O)(C(=O)O)C2)c(F)c1F. The molecule has 0 spiro atoms. The molecule has 0 heterocycles. The number of rotatable bonds is 14. The average molecular weight is 440 g/mol. The van der Waals surface area contributed by atoms with Crippen LogP contribution in [-0.4, -0.2) is 40.1 Å². The summed E-state index contributed by atoms with van der Waals surface area (Å²) < 4.78 is 29.1. The van der Waals surface area contributed by atoms with Crippen LogP contribution in [0.1, 0.15) is 82.3 Å². The van der Waals surface area contributed by atoms with Gasteiger partial charge in [0.15, 0.2) is 17.0 Å². The fraction of sp³-hybridized carbons (Fsp3) is 0.667. The number of aliphatic carboxylic acids is 2. The van der Waals surface area contributed by atoms with Gasteiger partial charge >= 0.3 is 11.9 Å². The number of carboxylic acids is 2. The van der Waals surface area contributed by atoms with Crippen LogP contribution in [0.2, 0.25) is 0 Å². The molecule has 31 heavy (non-hydrogen) atoms. The number of hydrogen-bond donors (Lipinski definition) is 2. The van der Waals surface area contributed by atoms with Crippen molar-refractivity contribution >= 4 is 11.9 Å². The molecule has 0 saturated heterocycles. The predicted octanol–water partition coefficient (Wildman–Crippen LogP) is 5.40. The van der Waals surface area contributed by atoms with Gasteiger partial charge in [-0.25, -0.2) is 8.78 Å². The zero-order valence-electron chi connectivity index (χ0n) is 18.6. The van der Waals surface area contributed by atoms with Crippen LogP contribution in [0.3, 0.4) is 0 Å². The molecular weight excluding hydrogens is 404 g/mol. The zero-order valence-corrected chi connectivity index (χ0v) is 18.6. The lowest BCUT2D eigenvalue weighted by Crippen LogP contribution is -2.57. The Balaban J connectivity index is 1.83. The van der Waals surface area contributed by atoms with Crippen LogP contribution in [0.15, 0.2) is 12.1 Å². The number of hydrogen-bond acceptors (Lipinski definition) is 3. The minimum atomic E-state index is -1.78. The lowest BCUT2D eigenvalue weighted by molar-refractivity contribution is -0.176. The maximum absolute atomic E-state index is 14.6. The van der Waals surface area contributed by atoms with Crippen LogP contribution in [0.25, 0.3) is 0 Å². The Hall–Kier alpha value is -2.02. The molecule has 174 valence electrons. The number of carbonyl (C=O) groups is 2. The summed E-state index contributed by atoms with van der Waals surface area (Å²) in [6.07, 6.45) is 9.56. The Morgan fingerprint density at radius 2 is 1.42 bits per heavy atom. The Kier molecular flexibility index (Phi) is 9.41. The molecule has 0 atom stereocenters. The highest BCUT2D eigenvalue weighted by Crippen LogP contribution is 2.44. The first kappa shape index (κ1) is 25.2. The lowest BCUT2D eigenvalue weighted by Gasteiger charge is -2.45. The maximum atomic E-state index is 14.6. The van der Waals surface area contributed by atoms with Crippen molar-refractivity contribution in [3.63, 3.8) is 0 Å². The number of aryl methyl sites for hydroxylation is 1. The van der Waals surface area contributed by atoms with E-state index in [1.54, 1.807) is 24.1 Å². The van der Waals surface area contributed by atoms with Gasteiger partial charge in [-0.2, -0.15) is 0 Å². The Labute approximate surface area is 183 Å². The van der Waals surface area contributed by atoms with E-state index in [4.69, 9.17) is 0 Å². The second-order valence-corrected chi connectivity index (χ2v) is 8.91. The van der Waals surface area contributed by atoms with Crippen LogP contribution in [0, 0.1) is 17.0 Å². The summed E-state index contributed by atoms with van der Waals surface area (Å²) >= 11 is 0. The molecule has 7 heteroatoms. The van der Waals surface area contributed by atoms with Gasteiger partial charge in [0.05, 0.1) is 0 Å². The van der Waals surface area contributed by atoms with E-state index in [-0.39, 0.29) is 31.0 Å². The van der Waals surface area contributed by atoms with E-state index in [9.17, 15) is 28.6 Å². The largest absolute Gasteiger partial charge is 0.480 e. The fourth-order valence-electron chi connectivity index (χ4n) is 4.29. The minimum absolute atomic E-state index is 0.0468. The number of benzene rings is 1. The van der Waals surface area contributed by atoms with Crippen molar-refractivity contribution in [3.8, 4) is 0 Å². The highest BCUT2D eigenvalue weighted by molar-refractivity contribution is 5.99. The molecule has 0 radical (unpaired) electrons. The van der Waals surface area contributed by atoms with E-state index in [2.05, 4.69) is 6.92 Å². The number of halogens is 2. The lowest BCUT2D eigenvalue weighted by atomic mass is 9.65. The molecule has 0 unspecified atom stereocenters. The summed E-state index contributed by atoms with van der Waals surface area (Å²) in [5, 5.41) is 18.4. The first-order chi connectivity index (χ1) is 14.7. The third-order valence-electron chi connectivity index (χ3n) is 6.57. The quantitative estimate of drug-likeness (QED) is 0.300. The Morgan fingerprint density at radius 3 is 1.97 bits per heavy atom. The molecule has 1 aliphatic rings. The van der Waals surface area contributed by atoms with Crippen molar-refractivity contribution in [1.82, 2.24) is 4.90 Å².